The van der Waals surface area contributed by atoms with E-state index in [4.69, 9.17) is 16.9 Å². The Hall–Kier alpha value is -1.83. The first-order chi connectivity index (χ1) is 8.58. The van der Waals surface area contributed by atoms with Crippen LogP contribution in [-0.4, -0.2) is 19.6 Å². The average molecular weight is 265 g/mol. The molecule has 0 aromatic heterocycles. The van der Waals surface area contributed by atoms with Gasteiger partial charge in [0, 0.05) is 10.6 Å². The van der Waals surface area contributed by atoms with Gasteiger partial charge in [-0.3, -0.25) is 10.1 Å². The number of carbonyl (C=O) groups excluding carboxylic acids is 1. The molecule has 0 saturated carbocycles. The fourth-order valence-corrected chi connectivity index (χ4v) is 1.55. The quantitative estimate of drug-likeness (QED) is 0.654. The highest BCUT2D eigenvalue weighted by Crippen LogP contribution is 2.21. The topological polar surface area (TPSA) is 62.1 Å². The molecule has 1 atom stereocenters. The minimum absolute atomic E-state index is 0.00446. The third kappa shape index (κ3) is 3.88. The van der Waals surface area contributed by atoms with Crippen molar-refractivity contribution in [2.45, 2.75) is 6.04 Å². The van der Waals surface area contributed by atoms with E-state index >= 15 is 0 Å². The van der Waals surface area contributed by atoms with Crippen molar-refractivity contribution < 1.29 is 9.53 Å². The van der Waals surface area contributed by atoms with Gasteiger partial charge in [-0.25, -0.2) is 0 Å². The van der Waals surface area contributed by atoms with E-state index in [0.717, 1.165) is 5.56 Å². The first kappa shape index (κ1) is 14.2. The van der Waals surface area contributed by atoms with Crippen molar-refractivity contribution in [3.63, 3.8) is 0 Å². The number of benzene rings is 1. The van der Waals surface area contributed by atoms with Crippen LogP contribution in [0.2, 0.25) is 5.02 Å². The van der Waals surface area contributed by atoms with Crippen LogP contribution in [0.1, 0.15) is 11.6 Å². The maximum Gasteiger partial charge on any atom is 0.319 e. The number of nitrogens with zero attached hydrogens (tertiary/aromatic N) is 1. The first-order valence-corrected chi connectivity index (χ1v) is 5.61. The molecule has 0 amide bonds. The molecule has 0 saturated heterocycles. The van der Waals surface area contributed by atoms with Gasteiger partial charge in [0.25, 0.3) is 0 Å². The molecule has 1 unspecified atom stereocenters. The van der Waals surface area contributed by atoms with Gasteiger partial charge in [-0.15, -0.1) is 0 Å². The number of nitriles is 1. The Balaban J connectivity index is 2.85. The molecular weight excluding hydrogens is 252 g/mol. The molecule has 94 valence electrons. The summed E-state index contributed by atoms with van der Waals surface area (Å²) in [6.45, 7) is 3.67. The lowest BCUT2D eigenvalue weighted by atomic mass is 10.0. The van der Waals surface area contributed by atoms with Crippen LogP contribution < -0.4 is 5.32 Å². The summed E-state index contributed by atoms with van der Waals surface area (Å²) in [6, 6.07) is 8.54. The zero-order valence-electron chi connectivity index (χ0n) is 9.94. The molecule has 1 aromatic carbocycles. The van der Waals surface area contributed by atoms with Gasteiger partial charge in [0.1, 0.15) is 0 Å². The van der Waals surface area contributed by atoms with E-state index in [0.29, 0.717) is 10.6 Å². The van der Waals surface area contributed by atoms with Gasteiger partial charge >= 0.3 is 5.97 Å². The van der Waals surface area contributed by atoms with Crippen LogP contribution in [0.25, 0.3) is 0 Å². The predicted octanol–water partition coefficient (Wildman–Crippen LogP) is 2.22. The molecule has 0 heterocycles. The lowest BCUT2D eigenvalue weighted by Gasteiger charge is -2.17. The van der Waals surface area contributed by atoms with Gasteiger partial charge in [0.2, 0.25) is 0 Å². The Morgan fingerprint density at radius 2 is 2.17 bits per heavy atom. The van der Waals surface area contributed by atoms with Crippen LogP contribution in [-0.2, 0) is 9.53 Å². The van der Waals surface area contributed by atoms with Crippen molar-refractivity contribution in [2.24, 2.45) is 0 Å². The average Bonchev–Trinajstić information content (AvgIpc) is 2.40. The normalized spacial score (nSPS) is 11.4. The summed E-state index contributed by atoms with van der Waals surface area (Å²) < 4.78 is 4.53. The number of rotatable bonds is 5. The number of halogens is 1. The number of hydrogen-bond donors (Lipinski definition) is 1. The Morgan fingerprint density at radius 3 is 2.67 bits per heavy atom. The number of methoxy groups -OCH3 is 1. The van der Waals surface area contributed by atoms with E-state index in [1.54, 1.807) is 24.3 Å². The standard InChI is InChI=1S/C13H13ClN2O2/c1-9(7-15)13(16-8-12(17)18-2)10-3-5-11(14)6-4-10/h3-6,13,16H,1,8H2,2H3. The van der Waals surface area contributed by atoms with E-state index in [-0.39, 0.29) is 6.54 Å². The van der Waals surface area contributed by atoms with Crippen LogP contribution in [0.15, 0.2) is 36.4 Å². The summed E-state index contributed by atoms with van der Waals surface area (Å²) in [4.78, 5) is 11.1. The molecule has 1 aromatic rings. The van der Waals surface area contributed by atoms with Gasteiger partial charge in [-0.2, -0.15) is 5.26 Å². The second-order valence-corrected chi connectivity index (χ2v) is 4.02. The van der Waals surface area contributed by atoms with Crippen LogP contribution in [0.4, 0.5) is 0 Å². The smallest absolute Gasteiger partial charge is 0.319 e. The minimum atomic E-state index is -0.425. The van der Waals surface area contributed by atoms with E-state index < -0.39 is 12.0 Å². The largest absolute Gasteiger partial charge is 0.468 e. The molecular formula is C13H13ClN2O2. The predicted molar refractivity (Wildman–Crippen MR) is 69.0 cm³/mol. The summed E-state index contributed by atoms with van der Waals surface area (Å²) in [6.07, 6.45) is 0. The second kappa shape index (κ2) is 6.80. The molecule has 0 bridgehead atoms. The highest BCUT2D eigenvalue weighted by atomic mass is 35.5. The number of hydrogen-bond acceptors (Lipinski definition) is 4. The van der Waals surface area contributed by atoms with Crippen molar-refractivity contribution in [1.29, 1.82) is 5.26 Å². The Bertz CT molecular complexity index is 477. The van der Waals surface area contributed by atoms with Crippen LogP contribution in [0, 0.1) is 11.3 Å². The molecule has 0 aliphatic carbocycles. The first-order valence-electron chi connectivity index (χ1n) is 5.23. The van der Waals surface area contributed by atoms with E-state index in [1.165, 1.54) is 7.11 Å². The van der Waals surface area contributed by atoms with Crippen molar-refractivity contribution in [1.82, 2.24) is 5.32 Å². The molecule has 0 radical (unpaired) electrons. The molecule has 0 fully saturated rings. The van der Waals surface area contributed by atoms with Gasteiger partial charge < -0.3 is 4.74 Å². The van der Waals surface area contributed by atoms with E-state index in [9.17, 15) is 4.79 Å². The monoisotopic (exact) mass is 264 g/mol. The molecule has 5 heteroatoms. The highest BCUT2D eigenvalue weighted by Gasteiger charge is 2.16. The lowest BCUT2D eigenvalue weighted by Crippen LogP contribution is -2.29. The molecule has 4 nitrogen and oxygen atoms in total. The number of nitrogens with one attached hydrogen (secondary N) is 1. The Kier molecular flexibility index (Phi) is 5.37. The van der Waals surface area contributed by atoms with Crippen molar-refractivity contribution in [3.05, 3.63) is 47.0 Å². The molecule has 1 N–H and O–H groups in total. The molecule has 0 spiro atoms. The number of ether oxygens (including phenoxy) is 1. The minimum Gasteiger partial charge on any atom is -0.468 e. The lowest BCUT2D eigenvalue weighted by molar-refractivity contribution is -0.139. The molecule has 0 aliphatic rings. The summed E-state index contributed by atoms with van der Waals surface area (Å²) in [7, 11) is 1.31. The van der Waals surface area contributed by atoms with Crippen molar-refractivity contribution in [3.8, 4) is 6.07 Å². The summed E-state index contributed by atoms with van der Waals surface area (Å²) in [5.41, 5.74) is 1.14. The zero-order chi connectivity index (χ0) is 13.5. The third-order valence-corrected chi connectivity index (χ3v) is 2.63. The Morgan fingerprint density at radius 1 is 1.56 bits per heavy atom. The maximum atomic E-state index is 11.1. The molecule has 0 aliphatic heterocycles. The Labute approximate surface area is 111 Å². The number of carbonyl (C=O) groups is 1. The van der Waals surface area contributed by atoms with Crippen LogP contribution in [0.3, 0.4) is 0 Å². The summed E-state index contributed by atoms with van der Waals surface area (Å²) >= 11 is 5.80. The SMILES string of the molecule is C=C(C#N)C(NCC(=O)OC)c1ccc(Cl)cc1. The molecule has 18 heavy (non-hydrogen) atoms. The van der Waals surface area contributed by atoms with Crippen molar-refractivity contribution in [2.75, 3.05) is 13.7 Å². The number of esters is 1. The van der Waals surface area contributed by atoms with Gasteiger partial charge in [0.05, 0.1) is 25.8 Å². The second-order valence-electron chi connectivity index (χ2n) is 3.58. The van der Waals surface area contributed by atoms with Gasteiger partial charge in [-0.05, 0) is 17.7 Å². The van der Waals surface area contributed by atoms with Crippen molar-refractivity contribution >= 4 is 17.6 Å². The summed E-state index contributed by atoms with van der Waals surface area (Å²) in [5, 5.41) is 12.4. The van der Waals surface area contributed by atoms with E-state index in [1.807, 2.05) is 6.07 Å². The van der Waals surface area contributed by atoms with Gasteiger partial charge in [0.15, 0.2) is 0 Å². The van der Waals surface area contributed by atoms with Crippen LogP contribution >= 0.6 is 11.6 Å². The fourth-order valence-electron chi connectivity index (χ4n) is 1.42. The maximum absolute atomic E-state index is 11.1. The zero-order valence-corrected chi connectivity index (χ0v) is 10.7. The third-order valence-electron chi connectivity index (χ3n) is 2.37. The van der Waals surface area contributed by atoms with Crippen LogP contribution in [0.5, 0.6) is 0 Å². The van der Waals surface area contributed by atoms with Gasteiger partial charge in [-0.1, -0.05) is 30.3 Å². The molecule has 1 rings (SSSR count). The van der Waals surface area contributed by atoms with E-state index in [2.05, 4.69) is 16.6 Å². The fraction of sp³-hybridized carbons (Fsp3) is 0.231. The highest BCUT2D eigenvalue weighted by molar-refractivity contribution is 6.30. The summed E-state index contributed by atoms with van der Waals surface area (Å²) in [5.74, 6) is -0.403.